The normalized spacial score (nSPS) is 14.0. The Kier molecular flexibility index (Phi) is 5.67. The molecule has 1 saturated heterocycles. The van der Waals surface area contributed by atoms with Crippen LogP contribution in [0.3, 0.4) is 0 Å². The molecule has 0 atom stereocenters. The Hall–Kier alpha value is -2.73. The van der Waals surface area contributed by atoms with E-state index in [9.17, 15) is 4.79 Å². The number of benzene rings is 1. The Balaban J connectivity index is 1.49. The predicted molar refractivity (Wildman–Crippen MR) is 118 cm³/mol. The summed E-state index contributed by atoms with van der Waals surface area (Å²) < 4.78 is 2.46. The summed E-state index contributed by atoms with van der Waals surface area (Å²) in [7, 11) is 0. The molecule has 10 heteroatoms. The number of hydrogen-bond acceptors (Lipinski definition) is 7. The molecule has 3 aromatic rings. The molecule has 9 nitrogen and oxygen atoms in total. The van der Waals surface area contributed by atoms with Crippen LogP contribution in [-0.2, 0) is 0 Å². The van der Waals surface area contributed by atoms with Crippen LogP contribution in [0.1, 0.15) is 0 Å². The van der Waals surface area contributed by atoms with Crippen LogP contribution < -0.4 is 24.4 Å². The van der Waals surface area contributed by atoms with Crippen molar-refractivity contribution in [2.45, 2.75) is 0 Å². The highest BCUT2D eigenvalue weighted by Crippen LogP contribution is 2.21. The van der Waals surface area contributed by atoms with Gasteiger partial charge < -0.3 is 15.5 Å². The molecule has 1 aliphatic heterocycles. The smallest absolute Gasteiger partial charge is 0.329 e. The van der Waals surface area contributed by atoms with Gasteiger partial charge in [0.1, 0.15) is 5.82 Å². The Morgan fingerprint density at radius 3 is 2.61 bits per heavy atom. The average molecular weight is 490 g/mol. The standard InChI is InChI=1S/C18H19IN8O/c19-26-18(28)24-15-6-1-12-11-21-17(25-16(12)23-15)22-13-2-4-14(5-3-13)27-9-7-20-8-10-27/h1-6,11,20H,7-10H2,(H3,21,22,23,24,25,26,28). The summed E-state index contributed by atoms with van der Waals surface area (Å²) in [4.78, 5) is 27.0. The van der Waals surface area contributed by atoms with E-state index in [1.807, 2.05) is 18.2 Å². The molecule has 1 fully saturated rings. The van der Waals surface area contributed by atoms with Gasteiger partial charge in [0.2, 0.25) is 5.95 Å². The highest BCUT2D eigenvalue weighted by atomic mass is 127. The summed E-state index contributed by atoms with van der Waals surface area (Å²) in [6.07, 6.45) is 1.70. The maximum atomic E-state index is 11.4. The third-order valence-corrected chi connectivity index (χ3v) is 4.87. The van der Waals surface area contributed by atoms with Crippen molar-refractivity contribution in [2.75, 3.05) is 41.7 Å². The fourth-order valence-electron chi connectivity index (χ4n) is 2.99. The van der Waals surface area contributed by atoms with Gasteiger partial charge in [0, 0.05) is 49.1 Å². The van der Waals surface area contributed by atoms with Gasteiger partial charge in [0.05, 0.1) is 22.9 Å². The van der Waals surface area contributed by atoms with Crippen LogP contribution in [0.4, 0.5) is 27.9 Å². The van der Waals surface area contributed by atoms with Gasteiger partial charge in [-0.15, -0.1) is 0 Å². The maximum Gasteiger partial charge on any atom is 0.329 e. The summed E-state index contributed by atoms with van der Waals surface area (Å²) in [5, 5.41) is 9.98. The molecule has 1 aromatic carbocycles. The van der Waals surface area contributed by atoms with Crippen LogP contribution >= 0.6 is 22.9 Å². The van der Waals surface area contributed by atoms with Crippen LogP contribution in [0.5, 0.6) is 0 Å². The molecule has 0 unspecified atom stereocenters. The zero-order chi connectivity index (χ0) is 19.3. The van der Waals surface area contributed by atoms with E-state index in [0.29, 0.717) is 17.4 Å². The number of hydrogen-bond donors (Lipinski definition) is 4. The number of carbonyl (C=O) groups is 1. The second-order valence-corrected chi connectivity index (χ2v) is 6.80. The van der Waals surface area contributed by atoms with Crippen molar-refractivity contribution < 1.29 is 4.79 Å². The van der Waals surface area contributed by atoms with Crippen molar-refractivity contribution in [3.8, 4) is 0 Å². The largest absolute Gasteiger partial charge is 0.369 e. The third-order valence-electron chi connectivity index (χ3n) is 4.38. The van der Waals surface area contributed by atoms with Crippen molar-refractivity contribution >= 4 is 63.1 Å². The first kappa shape index (κ1) is 18.6. The average Bonchev–Trinajstić information content (AvgIpc) is 2.74. The van der Waals surface area contributed by atoms with Gasteiger partial charge in [-0.2, -0.15) is 4.98 Å². The van der Waals surface area contributed by atoms with Crippen molar-refractivity contribution in [3.63, 3.8) is 0 Å². The highest BCUT2D eigenvalue weighted by Gasteiger charge is 2.10. The number of aromatic nitrogens is 3. The monoisotopic (exact) mass is 490 g/mol. The third kappa shape index (κ3) is 4.39. The number of urea groups is 1. The molecule has 144 valence electrons. The van der Waals surface area contributed by atoms with Gasteiger partial charge in [0.15, 0.2) is 5.65 Å². The number of nitrogens with zero attached hydrogens (tertiary/aromatic N) is 4. The molecule has 0 radical (unpaired) electrons. The fourth-order valence-corrected chi connectivity index (χ4v) is 3.12. The van der Waals surface area contributed by atoms with Crippen LogP contribution in [0.25, 0.3) is 11.0 Å². The molecule has 28 heavy (non-hydrogen) atoms. The van der Waals surface area contributed by atoms with E-state index in [4.69, 9.17) is 0 Å². The van der Waals surface area contributed by atoms with Crippen molar-refractivity contribution in [1.82, 2.24) is 23.8 Å². The number of amides is 2. The van der Waals surface area contributed by atoms with E-state index in [1.165, 1.54) is 5.69 Å². The summed E-state index contributed by atoms with van der Waals surface area (Å²) >= 11 is 1.76. The SMILES string of the molecule is O=C(NI)Nc1ccc2cnc(Nc3ccc(N4CCNCC4)cc3)nc2n1. The predicted octanol–water partition coefficient (Wildman–Crippen LogP) is 2.65. The van der Waals surface area contributed by atoms with Crippen LogP contribution in [0.2, 0.25) is 0 Å². The van der Waals surface area contributed by atoms with Gasteiger partial charge in [-0.3, -0.25) is 8.85 Å². The number of pyridine rings is 1. The minimum atomic E-state index is -0.343. The molecule has 3 heterocycles. The van der Waals surface area contributed by atoms with Crippen LogP contribution in [-0.4, -0.2) is 47.2 Å². The number of rotatable bonds is 4. The van der Waals surface area contributed by atoms with Crippen LogP contribution in [0, 0.1) is 0 Å². The first-order valence-electron chi connectivity index (χ1n) is 8.85. The molecule has 0 aliphatic carbocycles. The Labute approximate surface area is 175 Å². The molecule has 2 aromatic heterocycles. The Bertz CT molecular complexity index is 975. The summed E-state index contributed by atoms with van der Waals surface area (Å²) in [6.45, 7) is 4.04. The second kappa shape index (κ2) is 8.52. The molecule has 0 spiro atoms. The van der Waals surface area contributed by atoms with Gasteiger partial charge in [-0.25, -0.2) is 14.8 Å². The van der Waals surface area contributed by atoms with Gasteiger partial charge in [-0.05, 0) is 36.4 Å². The highest BCUT2D eigenvalue weighted by molar-refractivity contribution is 14.1. The van der Waals surface area contributed by atoms with Crippen molar-refractivity contribution in [3.05, 3.63) is 42.6 Å². The minimum Gasteiger partial charge on any atom is -0.369 e. The lowest BCUT2D eigenvalue weighted by molar-refractivity contribution is 0.258. The number of halogens is 1. The first-order chi connectivity index (χ1) is 13.7. The Morgan fingerprint density at radius 2 is 1.86 bits per heavy atom. The van der Waals surface area contributed by atoms with E-state index in [0.717, 1.165) is 37.3 Å². The first-order valence-corrected chi connectivity index (χ1v) is 9.93. The summed E-state index contributed by atoms with van der Waals surface area (Å²) in [6, 6.07) is 11.4. The molecular formula is C18H19IN8O. The maximum absolute atomic E-state index is 11.4. The lowest BCUT2D eigenvalue weighted by Crippen LogP contribution is -2.43. The van der Waals surface area contributed by atoms with E-state index in [1.54, 1.807) is 35.1 Å². The molecule has 0 saturated carbocycles. The minimum absolute atomic E-state index is 0.343. The molecule has 0 bridgehead atoms. The molecule has 4 rings (SSSR count). The molecular weight excluding hydrogens is 471 g/mol. The topological polar surface area (TPSA) is 107 Å². The second-order valence-electron chi connectivity index (χ2n) is 6.26. The number of fused-ring (bicyclic) bond motifs is 1. The summed E-state index contributed by atoms with van der Waals surface area (Å²) in [5.41, 5.74) is 2.61. The molecule has 4 N–H and O–H groups in total. The number of nitrogens with one attached hydrogen (secondary N) is 4. The van der Waals surface area contributed by atoms with Crippen molar-refractivity contribution in [2.24, 2.45) is 0 Å². The van der Waals surface area contributed by atoms with Gasteiger partial charge in [0.25, 0.3) is 0 Å². The number of piperazine rings is 1. The van der Waals surface area contributed by atoms with E-state index in [-0.39, 0.29) is 6.03 Å². The van der Waals surface area contributed by atoms with Gasteiger partial charge in [-0.1, -0.05) is 0 Å². The van der Waals surface area contributed by atoms with Gasteiger partial charge >= 0.3 is 6.03 Å². The quantitative estimate of drug-likeness (QED) is 0.329. The number of carbonyl (C=O) groups excluding carboxylic acids is 1. The molecule has 2 amide bonds. The Morgan fingerprint density at radius 1 is 1.07 bits per heavy atom. The van der Waals surface area contributed by atoms with Crippen molar-refractivity contribution in [1.29, 1.82) is 0 Å². The van der Waals surface area contributed by atoms with E-state index >= 15 is 0 Å². The van der Waals surface area contributed by atoms with Crippen LogP contribution in [0.15, 0.2) is 42.6 Å². The van der Waals surface area contributed by atoms with E-state index in [2.05, 4.69) is 51.5 Å². The zero-order valence-electron chi connectivity index (χ0n) is 14.9. The lowest BCUT2D eigenvalue weighted by atomic mass is 10.2. The van der Waals surface area contributed by atoms with E-state index < -0.39 is 0 Å². The number of anilines is 4. The lowest BCUT2D eigenvalue weighted by Gasteiger charge is -2.29. The summed E-state index contributed by atoms with van der Waals surface area (Å²) in [5.74, 6) is 0.872. The molecule has 1 aliphatic rings. The fraction of sp³-hybridized carbons (Fsp3) is 0.222. The zero-order valence-corrected chi connectivity index (χ0v) is 17.1.